The van der Waals surface area contributed by atoms with Gasteiger partial charge in [-0.05, 0) is 43.4 Å². The molecule has 0 heterocycles. The van der Waals surface area contributed by atoms with Gasteiger partial charge in [0.25, 0.3) is 5.91 Å². The van der Waals surface area contributed by atoms with Crippen molar-refractivity contribution in [2.75, 3.05) is 6.54 Å². The lowest BCUT2D eigenvalue weighted by Crippen LogP contribution is -2.45. The summed E-state index contributed by atoms with van der Waals surface area (Å²) in [6, 6.07) is 4.95. The number of hydrogen-bond acceptors (Lipinski definition) is 3. The van der Waals surface area contributed by atoms with Crippen molar-refractivity contribution >= 4 is 5.91 Å². The van der Waals surface area contributed by atoms with Crippen molar-refractivity contribution in [3.05, 3.63) is 29.3 Å². The highest BCUT2D eigenvalue weighted by Gasteiger charge is 2.33. The molecule has 0 bridgehead atoms. The molecule has 0 radical (unpaired) electrons. The van der Waals surface area contributed by atoms with Crippen molar-refractivity contribution in [2.24, 2.45) is 5.92 Å². The summed E-state index contributed by atoms with van der Waals surface area (Å²) in [6.07, 6.45) is 3.56. The lowest BCUT2D eigenvalue weighted by Gasteiger charge is -2.35. The third kappa shape index (κ3) is 3.51. The number of hydrogen-bond donors (Lipinski definition) is 3. The van der Waals surface area contributed by atoms with Crippen molar-refractivity contribution in [3.63, 3.8) is 0 Å². The molecule has 4 nitrogen and oxygen atoms in total. The predicted molar refractivity (Wildman–Crippen MR) is 77.8 cm³/mol. The van der Waals surface area contributed by atoms with Crippen LogP contribution in [0.2, 0.25) is 0 Å². The maximum atomic E-state index is 12.1. The number of carbonyl (C=O) groups is 1. The minimum Gasteiger partial charge on any atom is -0.507 e. The van der Waals surface area contributed by atoms with Gasteiger partial charge < -0.3 is 15.5 Å². The molecule has 1 amide bonds. The van der Waals surface area contributed by atoms with Crippen LogP contribution in [0.5, 0.6) is 5.75 Å². The number of nitrogens with one attached hydrogen (secondary N) is 1. The quantitative estimate of drug-likeness (QED) is 0.794. The second-order valence-corrected chi connectivity index (χ2v) is 6.13. The number of carbonyl (C=O) groups excluding carboxylic acids is 1. The second-order valence-electron chi connectivity index (χ2n) is 6.13. The molecule has 0 aliphatic heterocycles. The van der Waals surface area contributed by atoms with Gasteiger partial charge in [-0.3, -0.25) is 4.79 Å². The Balaban J connectivity index is 1.98. The van der Waals surface area contributed by atoms with Gasteiger partial charge in [0, 0.05) is 6.54 Å². The summed E-state index contributed by atoms with van der Waals surface area (Å²) in [5.41, 5.74) is 0.343. The topological polar surface area (TPSA) is 69.6 Å². The van der Waals surface area contributed by atoms with Gasteiger partial charge in [-0.15, -0.1) is 0 Å². The van der Waals surface area contributed by atoms with Gasteiger partial charge in [0.05, 0.1) is 11.2 Å². The molecular formula is C16H23NO3. The number of rotatable bonds is 3. The number of aliphatic hydroxyl groups is 1. The largest absolute Gasteiger partial charge is 0.507 e. The molecule has 2 atom stereocenters. The molecule has 4 heteroatoms. The number of phenols is 1. The Bertz CT molecular complexity index is 500. The van der Waals surface area contributed by atoms with Gasteiger partial charge in [-0.25, -0.2) is 0 Å². The van der Waals surface area contributed by atoms with Gasteiger partial charge in [0.1, 0.15) is 5.75 Å². The van der Waals surface area contributed by atoms with Crippen LogP contribution in [0, 0.1) is 12.8 Å². The summed E-state index contributed by atoms with van der Waals surface area (Å²) >= 11 is 0. The van der Waals surface area contributed by atoms with Crippen LogP contribution in [-0.4, -0.2) is 28.3 Å². The highest BCUT2D eigenvalue weighted by atomic mass is 16.3. The minimum atomic E-state index is -0.812. The SMILES string of the molecule is Cc1ccc(C(=O)NCC2(O)CCCC(C)C2)c(O)c1. The first-order valence-corrected chi connectivity index (χ1v) is 7.20. The number of aryl methyl sites for hydroxylation is 1. The Kier molecular flexibility index (Phi) is 4.33. The van der Waals surface area contributed by atoms with Crippen molar-refractivity contribution < 1.29 is 15.0 Å². The predicted octanol–water partition coefficient (Wildman–Crippen LogP) is 2.37. The molecule has 1 aliphatic carbocycles. The first-order chi connectivity index (χ1) is 9.39. The van der Waals surface area contributed by atoms with Gasteiger partial charge >= 0.3 is 0 Å². The molecule has 1 aromatic rings. The summed E-state index contributed by atoms with van der Waals surface area (Å²) in [6.45, 7) is 4.22. The van der Waals surface area contributed by atoms with Crippen LogP contribution in [0.4, 0.5) is 0 Å². The molecule has 2 rings (SSSR count). The van der Waals surface area contributed by atoms with Gasteiger partial charge in [0.15, 0.2) is 0 Å². The first-order valence-electron chi connectivity index (χ1n) is 7.20. The van der Waals surface area contributed by atoms with E-state index in [9.17, 15) is 15.0 Å². The molecular weight excluding hydrogens is 254 g/mol. The van der Waals surface area contributed by atoms with E-state index in [0.717, 1.165) is 24.8 Å². The normalized spacial score (nSPS) is 26.2. The second kappa shape index (κ2) is 5.83. The van der Waals surface area contributed by atoms with Gasteiger partial charge in [-0.1, -0.05) is 25.8 Å². The number of benzene rings is 1. The summed E-state index contributed by atoms with van der Waals surface area (Å²) < 4.78 is 0. The number of phenolic OH excluding ortho intramolecular Hbond substituents is 1. The van der Waals surface area contributed by atoms with Crippen molar-refractivity contribution in [1.29, 1.82) is 0 Å². The monoisotopic (exact) mass is 277 g/mol. The fourth-order valence-corrected chi connectivity index (χ4v) is 2.97. The maximum absolute atomic E-state index is 12.1. The van der Waals surface area contributed by atoms with Crippen molar-refractivity contribution in [1.82, 2.24) is 5.32 Å². The van der Waals surface area contributed by atoms with Crippen molar-refractivity contribution in [3.8, 4) is 5.75 Å². The zero-order valence-corrected chi connectivity index (χ0v) is 12.1. The van der Waals surface area contributed by atoms with E-state index in [1.165, 1.54) is 0 Å². The molecule has 0 saturated heterocycles. The van der Waals surface area contributed by atoms with Crippen LogP contribution >= 0.6 is 0 Å². The van der Waals surface area contributed by atoms with Crippen LogP contribution < -0.4 is 5.32 Å². The molecule has 1 aromatic carbocycles. The van der Waals surface area contributed by atoms with E-state index in [2.05, 4.69) is 12.2 Å². The van der Waals surface area contributed by atoms with Crippen LogP contribution in [0.25, 0.3) is 0 Å². The van der Waals surface area contributed by atoms with E-state index in [0.29, 0.717) is 12.3 Å². The third-order valence-corrected chi connectivity index (χ3v) is 4.04. The molecule has 2 unspecified atom stereocenters. The summed E-state index contributed by atoms with van der Waals surface area (Å²) in [5.74, 6) is 0.124. The van der Waals surface area contributed by atoms with E-state index < -0.39 is 5.60 Å². The Labute approximate surface area is 119 Å². The van der Waals surface area contributed by atoms with Crippen LogP contribution in [0.1, 0.15) is 48.5 Å². The smallest absolute Gasteiger partial charge is 0.255 e. The molecule has 20 heavy (non-hydrogen) atoms. The Morgan fingerprint density at radius 1 is 1.50 bits per heavy atom. The Morgan fingerprint density at radius 3 is 2.90 bits per heavy atom. The lowest BCUT2D eigenvalue weighted by molar-refractivity contribution is -0.0109. The fraction of sp³-hybridized carbons (Fsp3) is 0.562. The molecule has 1 fully saturated rings. The average Bonchev–Trinajstić information content (AvgIpc) is 2.36. The van der Waals surface area contributed by atoms with E-state index >= 15 is 0 Å². The molecule has 1 saturated carbocycles. The number of amides is 1. The zero-order valence-electron chi connectivity index (χ0n) is 12.1. The van der Waals surface area contributed by atoms with E-state index in [1.54, 1.807) is 18.2 Å². The molecule has 0 spiro atoms. The van der Waals surface area contributed by atoms with Crippen LogP contribution in [0.3, 0.4) is 0 Å². The van der Waals surface area contributed by atoms with E-state index in [1.807, 2.05) is 6.92 Å². The number of aromatic hydroxyl groups is 1. The zero-order chi connectivity index (χ0) is 14.8. The van der Waals surface area contributed by atoms with Gasteiger partial charge in [-0.2, -0.15) is 0 Å². The molecule has 1 aliphatic rings. The molecule has 110 valence electrons. The van der Waals surface area contributed by atoms with Crippen molar-refractivity contribution in [2.45, 2.75) is 45.1 Å². The molecule has 3 N–H and O–H groups in total. The van der Waals surface area contributed by atoms with Crippen LogP contribution in [0.15, 0.2) is 18.2 Å². The van der Waals surface area contributed by atoms with E-state index in [-0.39, 0.29) is 23.8 Å². The summed E-state index contributed by atoms with van der Waals surface area (Å²) in [5, 5.41) is 23.0. The Hall–Kier alpha value is -1.55. The standard InChI is InChI=1S/C16H23NO3/c1-11-5-6-13(14(18)8-11)15(19)17-10-16(20)7-3-4-12(2)9-16/h5-6,8,12,18,20H,3-4,7,9-10H2,1-2H3,(H,17,19). The summed E-state index contributed by atoms with van der Waals surface area (Å²) in [4.78, 5) is 12.1. The minimum absolute atomic E-state index is 0.0218. The highest BCUT2D eigenvalue weighted by molar-refractivity contribution is 5.96. The van der Waals surface area contributed by atoms with Crippen LogP contribution in [-0.2, 0) is 0 Å². The Morgan fingerprint density at radius 2 is 2.25 bits per heavy atom. The third-order valence-electron chi connectivity index (χ3n) is 4.04. The fourth-order valence-electron chi connectivity index (χ4n) is 2.97. The maximum Gasteiger partial charge on any atom is 0.255 e. The van der Waals surface area contributed by atoms with Gasteiger partial charge in [0.2, 0.25) is 0 Å². The summed E-state index contributed by atoms with van der Waals surface area (Å²) in [7, 11) is 0. The highest BCUT2D eigenvalue weighted by Crippen LogP contribution is 2.31. The van der Waals surface area contributed by atoms with E-state index in [4.69, 9.17) is 0 Å². The average molecular weight is 277 g/mol. The first kappa shape index (κ1) is 14.9. The lowest BCUT2D eigenvalue weighted by atomic mass is 9.79. The molecule has 0 aromatic heterocycles.